The van der Waals surface area contributed by atoms with Gasteiger partial charge in [0, 0.05) is 11.1 Å². The summed E-state index contributed by atoms with van der Waals surface area (Å²) in [4.78, 5) is 16.3. The first kappa shape index (κ1) is 16.1. The number of hydrogen-bond donors (Lipinski definition) is 1. The largest absolute Gasteiger partial charge is 0.505 e. The van der Waals surface area contributed by atoms with Crippen molar-refractivity contribution in [1.29, 1.82) is 0 Å². The molecule has 0 aliphatic rings. The molecule has 0 saturated carbocycles. The Morgan fingerprint density at radius 2 is 1.85 bits per heavy atom. The Hall–Kier alpha value is -3.34. The van der Waals surface area contributed by atoms with Gasteiger partial charge in [0.05, 0.1) is 29.2 Å². The van der Waals surface area contributed by atoms with E-state index < -0.39 is 5.97 Å². The molecule has 0 amide bonds. The second-order valence-corrected chi connectivity index (χ2v) is 6.08. The lowest BCUT2D eigenvalue weighted by molar-refractivity contribution is 0.0516. The summed E-state index contributed by atoms with van der Waals surface area (Å²) in [6, 6.07) is 15.8. The van der Waals surface area contributed by atoms with E-state index in [1.54, 1.807) is 13.1 Å². The maximum absolute atomic E-state index is 12.1. The molecule has 5 nitrogen and oxygen atoms in total. The van der Waals surface area contributed by atoms with Crippen LogP contribution in [0.1, 0.15) is 23.0 Å². The van der Waals surface area contributed by atoms with Crippen LogP contribution in [0.25, 0.3) is 27.5 Å². The monoisotopic (exact) mass is 346 g/mol. The van der Waals surface area contributed by atoms with Crippen LogP contribution in [0.5, 0.6) is 5.75 Å². The molecule has 2 aromatic carbocycles. The molecule has 0 unspecified atom stereocenters. The van der Waals surface area contributed by atoms with Gasteiger partial charge in [-0.3, -0.25) is 0 Å². The topological polar surface area (TPSA) is 64.3 Å². The number of carbonyl (C=O) groups is 1. The van der Waals surface area contributed by atoms with Gasteiger partial charge in [0.1, 0.15) is 0 Å². The van der Waals surface area contributed by atoms with Crippen LogP contribution in [0.3, 0.4) is 0 Å². The lowest BCUT2D eigenvalue weighted by Crippen LogP contribution is -2.07. The lowest BCUT2D eigenvalue weighted by Gasteiger charge is -2.11. The molecule has 130 valence electrons. The zero-order chi connectivity index (χ0) is 18.3. The first-order chi connectivity index (χ1) is 12.6. The number of aromatic hydroxyl groups is 1. The van der Waals surface area contributed by atoms with E-state index in [9.17, 15) is 9.90 Å². The van der Waals surface area contributed by atoms with Crippen molar-refractivity contribution < 1.29 is 14.6 Å². The molecule has 0 saturated heterocycles. The van der Waals surface area contributed by atoms with Gasteiger partial charge >= 0.3 is 5.97 Å². The molecule has 2 aromatic heterocycles. The molecule has 0 bridgehead atoms. The number of pyridine rings is 1. The third kappa shape index (κ3) is 2.32. The van der Waals surface area contributed by atoms with Crippen molar-refractivity contribution in [1.82, 2.24) is 9.55 Å². The highest BCUT2D eigenvalue weighted by atomic mass is 16.5. The summed E-state index contributed by atoms with van der Waals surface area (Å²) in [6.07, 6.45) is 1.62. The average Bonchev–Trinajstić information content (AvgIpc) is 2.98. The summed E-state index contributed by atoms with van der Waals surface area (Å²) in [7, 11) is 0. The van der Waals surface area contributed by atoms with E-state index in [-0.39, 0.29) is 18.1 Å². The molecule has 26 heavy (non-hydrogen) atoms. The van der Waals surface area contributed by atoms with Crippen LogP contribution in [0.2, 0.25) is 0 Å². The Balaban J connectivity index is 2.12. The second-order valence-electron chi connectivity index (χ2n) is 6.08. The Kier molecular flexibility index (Phi) is 3.84. The van der Waals surface area contributed by atoms with Gasteiger partial charge in [-0.25, -0.2) is 9.78 Å². The van der Waals surface area contributed by atoms with Crippen molar-refractivity contribution in [2.75, 3.05) is 6.61 Å². The van der Waals surface area contributed by atoms with Crippen LogP contribution in [-0.2, 0) is 4.74 Å². The number of benzene rings is 2. The molecule has 1 N–H and O–H groups in total. The minimum atomic E-state index is -0.625. The van der Waals surface area contributed by atoms with Gasteiger partial charge in [-0.2, -0.15) is 0 Å². The van der Waals surface area contributed by atoms with Crippen molar-refractivity contribution in [3.8, 4) is 11.4 Å². The number of carbonyl (C=O) groups excluding carboxylic acids is 1. The van der Waals surface area contributed by atoms with E-state index in [1.165, 1.54) is 0 Å². The first-order valence-electron chi connectivity index (χ1n) is 8.47. The number of hydrogen-bond acceptors (Lipinski definition) is 4. The quantitative estimate of drug-likeness (QED) is 0.560. The number of esters is 1. The minimum absolute atomic E-state index is 0.0629. The van der Waals surface area contributed by atoms with Gasteiger partial charge in [-0.15, -0.1) is 0 Å². The number of aromatic nitrogens is 2. The Morgan fingerprint density at radius 1 is 1.12 bits per heavy atom. The molecule has 5 heteroatoms. The van der Waals surface area contributed by atoms with E-state index in [0.717, 1.165) is 27.7 Å². The smallest absolute Gasteiger partial charge is 0.360 e. The Bertz CT molecular complexity index is 1140. The van der Waals surface area contributed by atoms with Gasteiger partial charge < -0.3 is 14.4 Å². The molecule has 0 fully saturated rings. The fraction of sp³-hybridized carbons (Fsp3) is 0.143. The van der Waals surface area contributed by atoms with Crippen molar-refractivity contribution in [2.45, 2.75) is 13.8 Å². The van der Waals surface area contributed by atoms with Gasteiger partial charge in [-0.1, -0.05) is 36.4 Å². The molecule has 0 aliphatic heterocycles. The summed E-state index contributed by atoms with van der Waals surface area (Å²) >= 11 is 0. The molecular weight excluding hydrogens is 328 g/mol. The molecular formula is C21H18N2O3. The summed E-state index contributed by atoms with van der Waals surface area (Å²) in [5, 5.41) is 12.3. The van der Waals surface area contributed by atoms with E-state index in [2.05, 4.69) is 9.55 Å². The van der Waals surface area contributed by atoms with Crippen molar-refractivity contribution >= 4 is 27.8 Å². The predicted molar refractivity (Wildman–Crippen MR) is 101 cm³/mol. The van der Waals surface area contributed by atoms with Crippen molar-refractivity contribution in [3.63, 3.8) is 0 Å². The zero-order valence-electron chi connectivity index (χ0n) is 14.6. The zero-order valence-corrected chi connectivity index (χ0v) is 14.6. The fourth-order valence-corrected chi connectivity index (χ4v) is 3.36. The summed E-state index contributed by atoms with van der Waals surface area (Å²) in [5.74, 6) is -0.774. The minimum Gasteiger partial charge on any atom is -0.505 e. The van der Waals surface area contributed by atoms with Gasteiger partial charge in [0.25, 0.3) is 0 Å². The van der Waals surface area contributed by atoms with E-state index in [1.807, 2.05) is 55.5 Å². The van der Waals surface area contributed by atoms with Crippen LogP contribution >= 0.6 is 0 Å². The number of rotatable bonds is 3. The van der Waals surface area contributed by atoms with Crippen LogP contribution < -0.4 is 0 Å². The maximum Gasteiger partial charge on any atom is 0.360 e. The standard InChI is InChI=1S/C21H18N2O3/c1-3-26-21(25)19-20(24)18-14-9-5-7-11-16(14)23(17(18)12-22-19)15-10-6-4-8-13(15)2/h4-12,24H,3H2,1-2H3. The Labute approximate surface area is 150 Å². The van der Waals surface area contributed by atoms with Gasteiger partial charge in [-0.05, 0) is 31.5 Å². The van der Waals surface area contributed by atoms with E-state index in [4.69, 9.17) is 4.74 Å². The van der Waals surface area contributed by atoms with Crippen molar-refractivity contribution in [2.24, 2.45) is 0 Å². The summed E-state index contributed by atoms with van der Waals surface area (Å²) in [5.41, 5.74) is 3.72. The van der Waals surface area contributed by atoms with Crippen LogP contribution in [-0.4, -0.2) is 27.2 Å². The highest BCUT2D eigenvalue weighted by Gasteiger charge is 2.22. The SMILES string of the molecule is CCOC(=O)c1ncc2c(c1O)c1ccccc1n2-c1ccccc1C. The predicted octanol–water partition coefficient (Wildman–Crippen LogP) is 4.37. The molecule has 0 atom stereocenters. The van der Waals surface area contributed by atoms with Crippen LogP contribution in [0.15, 0.2) is 54.7 Å². The summed E-state index contributed by atoms with van der Waals surface area (Å²) < 4.78 is 7.07. The normalized spacial score (nSPS) is 11.2. The van der Waals surface area contributed by atoms with Crippen LogP contribution in [0.4, 0.5) is 0 Å². The van der Waals surface area contributed by atoms with Gasteiger partial charge in [0.2, 0.25) is 0 Å². The highest BCUT2D eigenvalue weighted by molar-refractivity contribution is 6.14. The number of nitrogens with zero attached hydrogens (tertiary/aromatic N) is 2. The molecule has 0 spiro atoms. The maximum atomic E-state index is 12.1. The number of aryl methyl sites for hydroxylation is 1. The fourth-order valence-electron chi connectivity index (χ4n) is 3.36. The third-order valence-electron chi connectivity index (χ3n) is 4.51. The molecule has 4 rings (SSSR count). The van der Waals surface area contributed by atoms with E-state index in [0.29, 0.717) is 5.39 Å². The number of para-hydroxylation sites is 2. The first-order valence-corrected chi connectivity index (χ1v) is 8.47. The Morgan fingerprint density at radius 3 is 2.62 bits per heavy atom. The van der Waals surface area contributed by atoms with E-state index >= 15 is 0 Å². The third-order valence-corrected chi connectivity index (χ3v) is 4.51. The molecule has 0 radical (unpaired) electrons. The van der Waals surface area contributed by atoms with Crippen molar-refractivity contribution in [3.05, 3.63) is 66.0 Å². The van der Waals surface area contributed by atoms with Crippen LogP contribution in [0, 0.1) is 6.92 Å². The highest BCUT2D eigenvalue weighted by Crippen LogP contribution is 2.38. The lowest BCUT2D eigenvalue weighted by atomic mass is 10.1. The molecule has 2 heterocycles. The number of fused-ring (bicyclic) bond motifs is 3. The summed E-state index contributed by atoms with van der Waals surface area (Å²) in [6.45, 7) is 3.98. The molecule has 4 aromatic rings. The molecule has 0 aliphatic carbocycles. The second kappa shape index (κ2) is 6.19. The average molecular weight is 346 g/mol. The van der Waals surface area contributed by atoms with Gasteiger partial charge in [0.15, 0.2) is 11.4 Å². The number of ether oxygens (including phenoxy) is 1.